The van der Waals surface area contributed by atoms with Gasteiger partial charge in [-0.1, -0.05) is 64.1 Å². The van der Waals surface area contributed by atoms with Gasteiger partial charge in [0.1, 0.15) is 22.6 Å². The predicted molar refractivity (Wildman–Crippen MR) is 114 cm³/mol. The van der Waals surface area contributed by atoms with Gasteiger partial charge >= 0.3 is 0 Å². The summed E-state index contributed by atoms with van der Waals surface area (Å²) in [4.78, 5) is 14.2. The van der Waals surface area contributed by atoms with E-state index in [4.69, 9.17) is 9.15 Å². The van der Waals surface area contributed by atoms with Crippen LogP contribution < -0.4 is 10.2 Å². The minimum Gasteiger partial charge on any atom is -0.506 e. The van der Waals surface area contributed by atoms with Crippen LogP contribution in [0.2, 0.25) is 0 Å². The molecule has 28 heavy (non-hydrogen) atoms. The molecule has 0 aliphatic carbocycles. The van der Waals surface area contributed by atoms with Crippen LogP contribution in [0.1, 0.15) is 0 Å². The molecule has 6 heteroatoms. The molecule has 0 fully saturated rings. The maximum atomic E-state index is 12.9. The Balaban J connectivity index is 1.99. The van der Waals surface area contributed by atoms with Crippen molar-refractivity contribution >= 4 is 38.7 Å². The number of phenols is 1. The minimum absolute atomic E-state index is 0.0114. The van der Waals surface area contributed by atoms with Gasteiger partial charge in [-0.05, 0) is 18.2 Å². The highest BCUT2D eigenvalue weighted by molar-refractivity contribution is 9.10. The number of methoxy groups -OCH3 is 1. The lowest BCUT2D eigenvalue weighted by atomic mass is 10.1. The second-order valence-electron chi connectivity index (χ2n) is 6.03. The molecule has 140 valence electrons. The Morgan fingerprint density at radius 1 is 1.04 bits per heavy atom. The van der Waals surface area contributed by atoms with Crippen LogP contribution in [-0.4, -0.2) is 12.2 Å². The van der Waals surface area contributed by atoms with Crippen molar-refractivity contribution in [3.63, 3.8) is 0 Å². The van der Waals surface area contributed by atoms with Crippen LogP contribution in [0.5, 0.6) is 11.5 Å². The lowest BCUT2D eigenvalue weighted by molar-refractivity contribution is 0.408. The number of ether oxygens (including phenoxy) is 1. The fourth-order valence-corrected chi connectivity index (χ4v) is 4.44. The van der Waals surface area contributed by atoms with E-state index in [0.717, 1.165) is 14.9 Å². The fraction of sp³-hybridized carbons (Fsp3) is 0.0455. The molecule has 0 spiro atoms. The third-order valence-corrected chi connectivity index (χ3v) is 5.78. The van der Waals surface area contributed by atoms with Crippen LogP contribution in [0.4, 0.5) is 0 Å². The van der Waals surface area contributed by atoms with E-state index in [2.05, 4.69) is 15.9 Å². The second-order valence-corrected chi connectivity index (χ2v) is 8.03. The summed E-state index contributed by atoms with van der Waals surface area (Å²) in [6, 6.07) is 19.9. The molecule has 1 heterocycles. The zero-order chi connectivity index (χ0) is 19.7. The summed E-state index contributed by atoms with van der Waals surface area (Å²) < 4.78 is 12.4. The van der Waals surface area contributed by atoms with Crippen molar-refractivity contribution in [1.82, 2.24) is 0 Å². The summed E-state index contributed by atoms with van der Waals surface area (Å²) in [5.74, 6) is 0.698. The van der Waals surface area contributed by atoms with Crippen molar-refractivity contribution in [2.24, 2.45) is 0 Å². The van der Waals surface area contributed by atoms with Crippen molar-refractivity contribution in [2.45, 2.75) is 9.79 Å². The first-order valence-electron chi connectivity index (χ1n) is 8.43. The molecular weight excluding hydrogens is 440 g/mol. The van der Waals surface area contributed by atoms with Gasteiger partial charge in [0.25, 0.3) is 0 Å². The van der Waals surface area contributed by atoms with Gasteiger partial charge in [-0.3, -0.25) is 4.79 Å². The molecule has 0 saturated carbocycles. The number of phenolic OH excluding ortho intramolecular Hbond substituents is 1. The first-order valence-corrected chi connectivity index (χ1v) is 10.0. The van der Waals surface area contributed by atoms with Crippen molar-refractivity contribution < 1.29 is 14.3 Å². The minimum atomic E-state index is -0.229. The molecular formula is C22H15BrO4S. The van der Waals surface area contributed by atoms with Gasteiger partial charge in [0.2, 0.25) is 0 Å². The molecule has 4 rings (SSSR count). The third-order valence-electron chi connectivity index (χ3n) is 4.19. The molecule has 1 N–H and O–H groups in total. The molecule has 0 atom stereocenters. The van der Waals surface area contributed by atoms with E-state index in [-0.39, 0.29) is 16.9 Å². The topological polar surface area (TPSA) is 59.7 Å². The molecule has 0 bridgehead atoms. The SMILES string of the molecule is COc1cc(O)c(Sc2cccc(Br)c2)c2oc(-c3ccccc3)cc(=O)c12. The summed E-state index contributed by atoms with van der Waals surface area (Å²) in [5, 5.41) is 10.9. The van der Waals surface area contributed by atoms with Gasteiger partial charge in [0.15, 0.2) is 11.0 Å². The highest BCUT2D eigenvalue weighted by Crippen LogP contribution is 2.44. The second kappa shape index (κ2) is 7.73. The zero-order valence-electron chi connectivity index (χ0n) is 14.8. The van der Waals surface area contributed by atoms with Crippen molar-refractivity contribution in [3.8, 4) is 22.8 Å². The summed E-state index contributed by atoms with van der Waals surface area (Å²) in [6.45, 7) is 0. The predicted octanol–water partition coefficient (Wildman–Crippen LogP) is 6.09. The van der Waals surface area contributed by atoms with Crippen LogP contribution >= 0.6 is 27.7 Å². The maximum Gasteiger partial charge on any atom is 0.197 e. The zero-order valence-corrected chi connectivity index (χ0v) is 17.2. The Kier molecular flexibility index (Phi) is 5.15. The Morgan fingerprint density at radius 3 is 2.54 bits per heavy atom. The standard InChI is InChI=1S/C22H15BrO4S/c1-26-19-12-17(25)22(28-15-9-5-8-14(23)10-15)21-20(19)16(24)11-18(27-21)13-6-3-2-4-7-13/h2-12,25H,1H3. The number of benzene rings is 3. The van der Waals surface area contributed by atoms with E-state index in [1.54, 1.807) is 0 Å². The highest BCUT2D eigenvalue weighted by atomic mass is 79.9. The van der Waals surface area contributed by atoms with Crippen LogP contribution in [-0.2, 0) is 0 Å². The Hall–Kier alpha value is -2.70. The van der Waals surface area contributed by atoms with Gasteiger partial charge in [-0.15, -0.1) is 0 Å². The largest absolute Gasteiger partial charge is 0.506 e. The third kappa shape index (κ3) is 3.53. The first-order chi connectivity index (χ1) is 13.6. The summed E-state index contributed by atoms with van der Waals surface area (Å²) in [5.41, 5.74) is 0.850. The quantitative estimate of drug-likeness (QED) is 0.404. The average Bonchev–Trinajstić information content (AvgIpc) is 2.70. The molecule has 0 unspecified atom stereocenters. The molecule has 0 aliphatic heterocycles. The smallest absolute Gasteiger partial charge is 0.197 e. The first kappa shape index (κ1) is 18.7. The lowest BCUT2D eigenvalue weighted by Crippen LogP contribution is -2.03. The number of hydrogen-bond donors (Lipinski definition) is 1. The average molecular weight is 455 g/mol. The van der Waals surface area contributed by atoms with Crippen molar-refractivity contribution in [2.75, 3.05) is 7.11 Å². The number of fused-ring (bicyclic) bond motifs is 1. The van der Waals surface area contributed by atoms with Gasteiger partial charge in [-0.2, -0.15) is 0 Å². The van der Waals surface area contributed by atoms with E-state index in [1.165, 1.54) is 31.0 Å². The van der Waals surface area contributed by atoms with Crippen LogP contribution in [0.3, 0.4) is 0 Å². The number of hydrogen-bond acceptors (Lipinski definition) is 5. The number of halogens is 1. The van der Waals surface area contributed by atoms with Gasteiger partial charge in [-0.25, -0.2) is 0 Å². The monoisotopic (exact) mass is 454 g/mol. The highest BCUT2D eigenvalue weighted by Gasteiger charge is 2.20. The van der Waals surface area contributed by atoms with E-state index >= 15 is 0 Å². The van der Waals surface area contributed by atoms with E-state index in [9.17, 15) is 9.90 Å². The van der Waals surface area contributed by atoms with E-state index in [0.29, 0.717) is 21.6 Å². The molecule has 4 nitrogen and oxygen atoms in total. The summed E-state index contributed by atoms with van der Waals surface area (Å²) in [7, 11) is 1.46. The maximum absolute atomic E-state index is 12.9. The fourth-order valence-electron chi connectivity index (χ4n) is 2.92. The van der Waals surface area contributed by atoms with Crippen LogP contribution in [0.15, 0.2) is 90.2 Å². The Morgan fingerprint density at radius 2 is 1.82 bits per heavy atom. The molecule has 4 aromatic rings. The lowest BCUT2D eigenvalue weighted by Gasteiger charge is -2.12. The number of aromatic hydroxyl groups is 1. The summed E-state index contributed by atoms with van der Waals surface area (Å²) in [6.07, 6.45) is 0. The van der Waals surface area contributed by atoms with Crippen molar-refractivity contribution in [3.05, 3.63) is 81.4 Å². The van der Waals surface area contributed by atoms with E-state index in [1.807, 2.05) is 54.6 Å². The normalized spacial score (nSPS) is 10.9. The Labute approximate surface area is 173 Å². The van der Waals surface area contributed by atoms with Gasteiger partial charge < -0.3 is 14.3 Å². The van der Waals surface area contributed by atoms with Gasteiger partial charge in [0, 0.05) is 27.1 Å². The van der Waals surface area contributed by atoms with Gasteiger partial charge in [0.05, 0.1) is 12.0 Å². The molecule has 0 radical (unpaired) electrons. The van der Waals surface area contributed by atoms with Crippen molar-refractivity contribution in [1.29, 1.82) is 0 Å². The van der Waals surface area contributed by atoms with E-state index < -0.39 is 0 Å². The molecule has 0 saturated heterocycles. The van der Waals surface area contributed by atoms with Crippen LogP contribution in [0, 0.1) is 0 Å². The molecule has 0 amide bonds. The number of rotatable bonds is 4. The molecule has 0 aliphatic rings. The summed E-state index contributed by atoms with van der Waals surface area (Å²) >= 11 is 4.77. The molecule has 3 aromatic carbocycles. The van der Waals surface area contributed by atoms with Crippen LogP contribution in [0.25, 0.3) is 22.3 Å². The Bertz CT molecular complexity index is 1220. The molecule has 1 aromatic heterocycles.